The molecule has 0 bridgehead atoms. The molecule has 1 saturated heterocycles. The first-order valence-electron chi connectivity index (χ1n) is 8.58. The minimum atomic E-state index is -0.558. The van der Waals surface area contributed by atoms with Crippen LogP contribution in [0.3, 0.4) is 0 Å². The van der Waals surface area contributed by atoms with Crippen LogP contribution >= 0.6 is 0 Å². The fourth-order valence-corrected chi connectivity index (χ4v) is 3.18. The molecule has 1 unspecified atom stereocenters. The summed E-state index contributed by atoms with van der Waals surface area (Å²) in [5.74, 6) is -0.0172. The molecule has 3 rings (SSSR count). The SMILES string of the molecule is COC(=O)CC1C(=O)NCCN1Cc1coc(-c2ccc(C)cc2C)n1. The predicted octanol–water partition coefficient (Wildman–Crippen LogP) is 1.82. The van der Waals surface area contributed by atoms with E-state index in [4.69, 9.17) is 9.15 Å². The van der Waals surface area contributed by atoms with Gasteiger partial charge in [0.15, 0.2) is 0 Å². The highest BCUT2D eigenvalue weighted by molar-refractivity contribution is 5.87. The summed E-state index contributed by atoms with van der Waals surface area (Å²) in [7, 11) is 1.32. The highest BCUT2D eigenvalue weighted by Gasteiger charge is 2.32. The van der Waals surface area contributed by atoms with Gasteiger partial charge in [0.25, 0.3) is 0 Å². The molecule has 1 aliphatic heterocycles. The molecule has 2 aromatic rings. The van der Waals surface area contributed by atoms with E-state index in [2.05, 4.69) is 16.4 Å². The summed E-state index contributed by atoms with van der Waals surface area (Å²) in [5, 5.41) is 2.79. The van der Waals surface area contributed by atoms with Gasteiger partial charge >= 0.3 is 5.97 Å². The van der Waals surface area contributed by atoms with Gasteiger partial charge in [-0.05, 0) is 25.5 Å². The molecule has 0 radical (unpaired) electrons. The maximum Gasteiger partial charge on any atom is 0.307 e. The minimum Gasteiger partial charge on any atom is -0.469 e. The predicted molar refractivity (Wildman–Crippen MR) is 95.3 cm³/mol. The Labute approximate surface area is 152 Å². The van der Waals surface area contributed by atoms with Crippen LogP contribution in [0.1, 0.15) is 23.2 Å². The molecule has 1 atom stereocenters. The maximum atomic E-state index is 12.1. The summed E-state index contributed by atoms with van der Waals surface area (Å²) in [5.41, 5.74) is 3.95. The molecule has 7 heteroatoms. The van der Waals surface area contributed by atoms with E-state index in [0.717, 1.165) is 16.8 Å². The number of piperazine rings is 1. The third kappa shape index (κ3) is 3.94. The fourth-order valence-electron chi connectivity index (χ4n) is 3.18. The lowest BCUT2D eigenvalue weighted by molar-refractivity contribution is -0.146. The first kappa shape index (κ1) is 18.1. The number of hydrogen-bond acceptors (Lipinski definition) is 6. The first-order chi connectivity index (χ1) is 12.5. The van der Waals surface area contributed by atoms with Crippen LogP contribution in [-0.4, -0.2) is 48.0 Å². The average molecular weight is 357 g/mol. The monoisotopic (exact) mass is 357 g/mol. The highest BCUT2D eigenvalue weighted by Crippen LogP contribution is 2.24. The number of methoxy groups -OCH3 is 1. The molecular weight excluding hydrogens is 334 g/mol. The largest absolute Gasteiger partial charge is 0.469 e. The minimum absolute atomic E-state index is 0.0180. The van der Waals surface area contributed by atoms with Crippen LogP contribution in [0.2, 0.25) is 0 Å². The van der Waals surface area contributed by atoms with E-state index in [1.54, 1.807) is 6.26 Å². The quantitative estimate of drug-likeness (QED) is 0.822. The second-order valence-electron chi connectivity index (χ2n) is 6.52. The Morgan fingerprint density at radius 3 is 2.96 bits per heavy atom. The fraction of sp³-hybridized carbons (Fsp3) is 0.421. The molecule has 1 amide bonds. The number of hydrogen-bond donors (Lipinski definition) is 1. The molecule has 138 valence electrons. The van der Waals surface area contributed by atoms with Gasteiger partial charge in [-0.25, -0.2) is 4.98 Å². The van der Waals surface area contributed by atoms with Crippen molar-refractivity contribution in [3.8, 4) is 11.5 Å². The van der Waals surface area contributed by atoms with Gasteiger partial charge < -0.3 is 14.5 Å². The molecule has 0 spiro atoms. The lowest BCUT2D eigenvalue weighted by Crippen LogP contribution is -2.55. The topological polar surface area (TPSA) is 84.7 Å². The lowest BCUT2D eigenvalue weighted by Gasteiger charge is -2.33. The highest BCUT2D eigenvalue weighted by atomic mass is 16.5. The molecule has 7 nitrogen and oxygen atoms in total. The van der Waals surface area contributed by atoms with E-state index in [1.165, 1.54) is 12.7 Å². The zero-order valence-electron chi connectivity index (χ0n) is 15.2. The zero-order valence-corrected chi connectivity index (χ0v) is 15.2. The van der Waals surface area contributed by atoms with Gasteiger partial charge in [0.05, 0.1) is 19.2 Å². The number of nitrogens with zero attached hydrogens (tertiary/aromatic N) is 2. The number of amides is 1. The van der Waals surface area contributed by atoms with Crippen molar-refractivity contribution in [2.75, 3.05) is 20.2 Å². The third-order valence-electron chi connectivity index (χ3n) is 4.56. The number of aromatic nitrogens is 1. The standard InChI is InChI=1S/C19H23N3O4/c1-12-4-5-15(13(2)8-12)19-21-14(11-26-19)10-22-7-6-20-18(24)16(22)9-17(23)25-3/h4-5,8,11,16H,6-7,9-10H2,1-3H3,(H,20,24). The lowest BCUT2D eigenvalue weighted by atomic mass is 10.1. The van der Waals surface area contributed by atoms with Crippen molar-refractivity contribution >= 4 is 11.9 Å². The van der Waals surface area contributed by atoms with Gasteiger partial charge in [-0.1, -0.05) is 17.7 Å². The van der Waals surface area contributed by atoms with Gasteiger partial charge in [0.2, 0.25) is 11.8 Å². The number of benzene rings is 1. The average Bonchev–Trinajstić information content (AvgIpc) is 3.06. The summed E-state index contributed by atoms with van der Waals surface area (Å²) in [4.78, 5) is 30.3. The molecular formula is C19H23N3O4. The molecule has 1 fully saturated rings. The number of esters is 1. The van der Waals surface area contributed by atoms with Gasteiger partial charge in [0.1, 0.15) is 12.3 Å². The number of rotatable bonds is 5. The molecule has 2 heterocycles. The summed E-state index contributed by atoms with van der Waals surface area (Å²) in [6.07, 6.45) is 1.63. The first-order valence-corrected chi connectivity index (χ1v) is 8.58. The maximum absolute atomic E-state index is 12.1. The van der Waals surface area contributed by atoms with Crippen LogP contribution in [0.15, 0.2) is 28.9 Å². The number of aryl methyl sites for hydroxylation is 2. The summed E-state index contributed by atoms with van der Waals surface area (Å²) >= 11 is 0. The van der Waals surface area contributed by atoms with Crippen LogP contribution in [0, 0.1) is 13.8 Å². The zero-order chi connectivity index (χ0) is 18.7. The number of nitrogens with one attached hydrogen (secondary N) is 1. The summed E-state index contributed by atoms with van der Waals surface area (Å²) in [6.45, 7) is 5.68. The molecule has 0 aliphatic carbocycles. The third-order valence-corrected chi connectivity index (χ3v) is 4.56. The smallest absolute Gasteiger partial charge is 0.307 e. The van der Waals surface area contributed by atoms with Gasteiger partial charge in [-0.2, -0.15) is 0 Å². The Hall–Kier alpha value is -2.67. The van der Waals surface area contributed by atoms with Crippen molar-refractivity contribution in [2.45, 2.75) is 32.9 Å². The number of carbonyl (C=O) groups is 2. The Morgan fingerprint density at radius 1 is 1.42 bits per heavy atom. The van der Waals surface area contributed by atoms with Crippen molar-refractivity contribution in [3.05, 3.63) is 41.3 Å². The number of ether oxygens (including phenoxy) is 1. The van der Waals surface area contributed by atoms with Crippen LogP contribution in [-0.2, 0) is 20.9 Å². The van der Waals surface area contributed by atoms with Crippen molar-refractivity contribution < 1.29 is 18.7 Å². The van der Waals surface area contributed by atoms with E-state index < -0.39 is 12.0 Å². The molecule has 1 aromatic carbocycles. The normalized spacial score (nSPS) is 17.8. The summed E-state index contributed by atoms with van der Waals surface area (Å²) < 4.78 is 10.4. The van der Waals surface area contributed by atoms with Crippen molar-refractivity contribution in [1.29, 1.82) is 0 Å². The van der Waals surface area contributed by atoms with Crippen molar-refractivity contribution in [1.82, 2.24) is 15.2 Å². The number of carbonyl (C=O) groups excluding carboxylic acids is 2. The van der Waals surface area contributed by atoms with Crippen molar-refractivity contribution in [2.24, 2.45) is 0 Å². The Bertz CT molecular complexity index is 815. The Morgan fingerprint density at radius 2 is 2.23 bits per heavy atom. The van der Waals surface area contributed by atoms with E-state index in [9.17, 15) is 9.59 Å². The van der Waals surface area contributed by atoms with E-state index in [-0.39, 0.29) is 12.3 Å². The second kappa shape index (κ2) is 7.70. The van der Waals surface area contributed by atoms with Gasteiger partial charge in [-0.3, -0.25) is 14.5 Å². The molecule has 0 saturated carbocycles. The molecule has 1 aliphatic rings. The number of oxazole rings is 1. The van der Waals surface area contributed by atoms with Gasteiger partial charge in [-0.15, -0.1) is 0 Å². The molecule has 26 heavy (non-hydrogen) atoms. The van der Waals surface area contributed by atoms with E-state index in [1.807, 2.05) is 30.9 Å². The van der Waals surface area contributed by atoms with Crippen LogP contribution in [0.5, 0.6) is 0 Å². The van der Waals surface area contributed by atoms with E-state index in [0.29, 0.717) is 25.5 Å². The molecule has 1 aromatic heterocycles. The van der Waals surface area contributed by atoms with Crippen LogP contribution in [0.4, 0.5) is 0 Å². The van der Waals surface area contributed by atoms with Crippen molar-refractivity contribution in [3.63, 3.8) is 0 Å². The second-order valence-corrected chi connectivity index (χ2v) is 6.52. The van der Waals surface area contributed by atoms with Crippen LogP contribution < -0.4 is 5.32 Å². The summed E-state index contributed by atoms with van der Waals surface area (Å²) in [6, 6.07) is 5.54. The Balaban J connectivity index is 1.76. The molecule has 1 N–H and O–H groups in total. The van der Waals surface area contributed by atoms with Gasteiger partial charge in [0, 0.05) is 25.2 Å². The van der Waals surface area contributed by atoms with E-state index >= 15 is 0 Å². The van der Waals surface area contributed by atoms with Crippen LogP contribution in [0.25, 0.3) is 11.5 Å². The Kier molecular flexibility index (Phi) is 5.37.